The van der Waals surface area contributed by atoms with Gasteiger partial charge in [0.15, 0.2) is 11.6 Å². The largest absolute Gasteiger partial charge is 0.486 e. The fraction of sp³-hybridized carbons (Fsp3) is 0.0455. The first-order valence-corrected chi connectivity index (χ1v) is 9.12. The molecule has 0 aliphatic rings. The summed E-state index contributed by atoms with van der Waals surface area (Å²) in [6, 6.07) is 22.1. The first-order valence-electron chi connectivity index (χ1n) is 8.33. The van der Waals surface area contributed by atoms with E-state index in [0.29, 0.717) is 17.9 Å². The molecule has 1 heterocycles. The zero-order chi connectivity index (χ0) is 18.8. The normalized spacial score (nSPS) is 10.7. The average molecular weight is 421 g/mol. The molecule has 0 spiro atoms. The number of aromatic nitrogens is 1. The highest BCUT2D eigenvalue weighted by Gasteiger charge is 2.11. The Morgan fingerprint density at radius 3 is 2.59 bits per heavy atom. The van der Waals surface area contributed by atoms with Gasteiger partial charge in [-0.15, -0.1) is 0 Å². The zero-order valence-corrected chi connectivity index (χ0v) is 15.8. The third-order valence-corrected chi connectivity index (χ3v) is 4.97. The lowest BCUT2D eigenvalue weighted by atomic mass is 10.2. The topological polar surface area (TPSA) is 38.0 Å². The molecule has 4 aromatic rings. The predicted molar refractivity (Wildman–Crippen MR) is 106 cm³/mol. The van der Waals surface area contributed by atoms with Crippen molar-refractivity contribution in [1.29, 1.82) is 5.26 Å². The van der Waals surface area contributed by atoms with E-state index in [1.807, 2.05) is 47.2 Å². The van der Waals surface area contributed by atoms with E-state index in [1.54, 1.807) is 24.3 Å². The van der Waals surface area contributed by atoms with Gasteiger partial charge in [0.1, 0.15) is 6.61 Å². The number of nitrogens with zero attached hydrogens (tertiary/aromatic N) is 2. The van der Waals surface area contributed by atoms with Crippen LogP contribution in [-0.4, -0.2) is 4.57 Å². The number of rotatable bonds is 4. The molecule has 5 heteroatoms. The molecule has 0 bridgehead atoms. The maximum Gasteiger partial charge on any atom is 0.167 e. The average Bonchev–Trinajstić information content (AvgIpc) is 3.12. The summed E-state index contributed by atoms with van der Waals surface area (Å²) in [6.45, 7) is 0.308. The Morgan fingerprint density at radius 1 is 1.04 bits per heavy atom. The molecule has 0 saturated heterocycles. The number of hydrogen-bond acceptors (Lipinski definition) is 2. The maximum absolute atomic E-state index is 14.6. The van der Waals surface area contributed by atoms with Crippen LogP contribution in [0.4, 0.5) is 4.39 Å². The Balaban J connectivity index is 1.66. The fourth-order valence-corrected chi connectivity index (χ4v) is 3.56. The number of ether oxygens (including phenoxy) is 1. The van der Waals surface area contributed by atoms with Crippen molar-refractivity contribution >= 4 is 26.8 Å². The van der Waals surface area contributed by atoms with Crippen LogP contribution in [0, 0.1) is 17.1 Å². The summed E-state index contributed by atoms with van der Waals surface area (Å²) < 4.78 is 22.9. The quantitative estimate of drug-likeness (QED) is 0.407. The molecule has 0 saturated carbocycles. The Morgan fingerprint density at radius 2 is 1.85 bits per heavy atom. The summed E-state index contributed by atoms with van der Waals surface area (Å²) in [5, 5.41) is 10.2. The number of benzene rings is 3. The second-order valence-corrected chi connectivity index (χ2v) is 6.93. The van der Waals surface area contributed by atoms with E-state index >= 15 is 0 Å². The third kappa shape index (κ3) is 3.44. The van der Waals surface area contributed by atoms with Gasteiger partial charge in [-0.05, 0) is 35.9 Å². The second-order valence-electron chi connectivity index (χ2n) is 6.08. The molecule has 3 aromatic carbocycles. The molecule has 132 valence electrons. The predicted octanol–water partition coefficient (Wildman–Crippen LogP) is 5.98. The zero-order valence-electron chi connectivity index (χ0n) is 14.2. The molecule has 0 amide bonds. The minimum absolute atomic E-state index is 0.206. The molecule has 0 aliphatic heterocycles. The smallest absolute Gasteiger partial charge is 0.167 e. The number of nitriles is 1. The highest BCUT2D eigenvalue weighted by atomic mass is 79.9. The minimum atomic E-state index is -0.430. The number of hydrogen-bond donors (Lipinski definition) is 0. The van der Waals surface area contributed by atoms with Crippen LogP contribution in [0.3, 0.4) is 0 Å². The molecule has 1 aromatic heterocycles. The SMILES string of the molecule is N#Cc1cc(Br)c2ccn(-c3ccc(OCc4ccccc4)c(F)c3)c2c1. The summed E-state index contributed by atoms with van der Waals surface area (Å²) in [6.07, 6.45) is 1.86. The van der Waals surface area contributed by atoms with Crippen LogP contribution in [0.5, 0.6) is 5.75 Å². The first-order chi connectivity index (χ1) is 13.2. The van der Waals surface area contributed by atoms with Gasteiger partial charge in [-0.1, -0.05) is 46.3 Å². The second kappa shape index (κ2) is 7.26. The van der Waals surface area contributed by atoms with Gasteiger partial charge in [-0.25, -0.2) is 4.39 Å². The van der Waals surface area contributed by atoms with Gasteiger partial charge in [-0.3, -0.25) is 0 Å². The molecule has 0 N–H and O–H groups in total. The maximum atomic E-state index is 14.6. The molecule has 4 rings (SSSR count). The molecule has 27 heavy (non-hydrogen) atoms. The van der Waals surface area contributed by atoms with E-state index in [0.717, 1.165) is 20.9 Å². The fourth-order valence-electron chi connectivity index (χ4n) is 2.98. The molecule has 0 fully saturated rings. The van der Waals surface area contributed by atoms with Crippen LogP contribution in [0.15, 0.2) is 77.4 Å². The standard InChI is InChI=1S/C22H14BrFN2O/c23-19-10-16(13-25)11-21-18(19)8-9-26(21)17-6-7-22(20(24)12-17)27-14-15-4-2-1-3-5-15/h1-12H,14H2. The monoisotopic (exact) mass is 420 g/mol. The summed E-state index contributed by atoms with van der Waals surface area (Å²) >= 11 is 3.48. The van der Waals surface area contributed by atoms with E-state index in [9.17, 15) is 9.65 Å². The lowest BCUT2D eigenvalue weighted by molar-refractivity contribution is 0.290. The Labute approximate surface area is 164 Å². The molecule has 0 unspecified atom stereocenters. The first kappa shape index (κ1) is 17.3. The van der Waals surface area contributed by atoms with Crippen molar-refractivity contribution in [2.75, 3.05) is 0 Å². The van der Waals surface area contributed by atoms with Gasteiger partial charge >= 0.3 is 0 Å². The Hall–Kier alpha value is -3.10. The molecular formula is C22H14BrFN2O. The van der Waals surface area contributed by atoms with E-state index in [-0.39, 0.29) is 5.75 Å². The van der Waals surface area contributed by atoms with Crippen LogP contribution < -0.4 is 4.74 Å². The van der Waals surface area contributed by atoms with Crippen molar-refractivity contribution in [2.24, 2.45) is 0 Å². The Kier molecular flexibility index (Phi) is 4.66. The number of halogens is 2. The molecule has 0 atom stereocenters. The van der Waals surface area contributed by atoms with Crippen molar-refractivity contribution < 1.29 is 9.13 Å². The van der Waals surface area contributed by atoms with Gasteiger partial charge < -0.3 is 9.30 Å². The van der Waals surface area contributed by atoms with Crippen molar-refractivity contribution in [3.05, 3.63) is 94.3 Å². The summed E-state index contributed by atoms with van der Waals surface area (Å²) in [5.74, 6) is -0.223. The highest BCUT2D eigenvalue weighted by Crippen LogP contribution is 2.30. The van der Waals surface area contributed by atoms with Gasteiger partial charge in [0.2, 0.25) is 0 Å². The summed E-state index contributed by atoms with van der Waals surface area (Å²) in [7, 11) is 0. The Bertz CT molecular complexity index is 1160. The molecule has 0 aliphatic carbocycles. The summed E-state index contributed by atoms with van der Waals surface area (Å²) in [5.41, 5.74) is 3.01. The van der Waals surface area contributed by atoms with E-state index in [2.05, 4.69) is 22.0 Å². The van der Waals surface area contributed by atoms with Crippen LogP contribution in [-0.2, 0) is 6.61 Å². The summed E-state index contributed by atoms with van der Waals surface area (Å²) in [4.78, 5) is 0. The lowest BCUT2D eigenvalue weighted by Gasteiger charge is -2.11. The van der Waals surface area contributed by atoms with Gasteiger partial charge in [0.05, 0.1) is 17.1 Å². The van der Waals surface area contributed by atoms with Crippen LogP contribution in [0.2, 0.25) is 0 Å². The van der Waals surface area contributed by atoms with E-state index < -0.39 is 5.82 Å². The highest BCUT2D eigenvalue weighted by molar-refractivity contribution is 9.10. The third-order valence-electron chi connectivity index (χ3n) is 4.32. The minimum Gasteiger partial charge on any atom is -0.486 e. The van der Waals surface area contributed by atoms with Crippen molar-refractivity contribution in [2.45, 2.75) is 6.61 Å². The molecule has 0 radical (unpaired) electrons. The lowest BCUT2D eigenvalue weighted by Crippen LogP contribution is -1.99. The van der Waals surface area contributed by atoms with Crippen molar-refractivity contribution in [3.8, 4) is 17.5 Å². The van der Waals surface area contributed by atoms with Gasteiger partial charge in [0, 0.05) is 27.8 Å². The number of fused-ring (bicyclic) bond motifs is 1. The van der Waals surface area contributed by atoms with Gasteiger partial charge in [-0.2, -0.15) is 5.26 Å². The van der Waals surface area contributed by atoms with Crippen LogP contribution in [0.25, 0.3) is 16.6 Å². The van der Waals surface area contributed by atoms with Crippen molar-refractivity contribution in [3.63, 3.8) is 0 Å². The molecule has 3 nitrogen and oxygen atoms in total. The van der Waals surface area contributed by atoms with Gasteiger partial charge in [0.25, 0.3) is 0 Å². The van der Waals surface area contributed by atoms with Crippen molar-refractivity contribution in [1.82, 2.24) is 4.57 Å². The van der Waals surface area contributed by atoms with E-state index in [4.69, 9.17) is 4.74 Å². The molecular weight excluding hydrogens is 407 g/mol. The van der Waals surface area contributed by atoms with Crippen LogP contribution in [0.1, 0.15) is 11.1 Å². The van der Waals surface area contributed by atoms with Crippen LogP contribution >= 0.6 is 15.9 Å². The van der Waals surface area contributed by atoms with E-state index in [1.165, 1.54) is 6.07 Å².